The summed E-state index contributed by atoms with van der Waals surface area (Å²) in [5, 5.41) is 30.8. The zero-order valence-electron chi connectivity index (χ0n) is 8.20. The zero-order valence-corrected chi connectivity index (χ0v) is 9.02. The fourth-order valence-corrected chi connectivity index (χ4v) is 2.98. The van der Waals surface area contributed by atoms with Crippen molar-refractivity contribution in [3.63, 3.8) is 0 Å². The Morgan fingerprint density at radius 3 is 2.80 bits per heavy atom. The van der Waals surface area contributed by atoms with Gasteiger partial charge in [-0.1, -0.05) is 0 Å². The van der Waals surface area contributed by atoms with Crippen LogP contribution in [0.5, 0.6) is 0 Å². The van der Waals surface area contributed by atoms with Crippen LogP contribution in [0, 0.1) is 0 Å². The summed E-state index contributed by atoms with van der Waals surface area (Å²) in [6.45, 7) is -0.190. The molecule has 1 unspecified atom stereocenters. The van der Waals surface area contributed by atoms with Gasteiger partial charge in [-0.3, -0.25) is 0 Å². The molecule has 7 heteroatoms. The molecule has 0 radical (unpaired) electrons. The van der Waals surface area contributed by atoms with E-state index in [1.165, 1.54) is 11.8 Å². The fraction of sp³-hybridized carbons (Fsp3) is 0.875. The molecule has 0 aromatic heterocycles. The minimum Gasteiger partial charge on any atom is -0.448 e. The van der Waals surface area contributed by atoms with E-state index in [9.17, 15) is 10.2 Å². The molecule has 0 aromatic carbocycles. The van der Waals surface area contributed by atoms with E-state index >= 15 is 0 Å². The molecule has 0 amide bonds. The predicted molar refractivity (Wildman–Crippen MR) is 55.6 cm³/mol. The SMILES string of the molecule is CNC1=N[C@H]2[C@@H](O1)S[C@H](CO)C(O)[C@@H]2O. The normalized spacial score (nSPS) is 44.3. The van der Waals surface area contributed by atoms with Crippen molar-refractivity contribution in [3.05, 3.63) is 0 Å². The van der Waals surface area contributed by atoms with Crippen molar-refractivity contribution < 1.29 is 20.1 Å². The number of aliphatic hydroxyl groups is 3. The van der Waals surface area contributed by atoms with Crippen LogP contribution >= 0.6 is 11.8 Å². The second-order valence-electron chi connectivity index (χ2n) is 3.50. The topological polar surface area (TPSA) is 94.3 Å². The quantitative estimate of drug-likeness (QED) is 0.424. The van der Waals surface area contributed by atoms with Crippen LogP contribution in [0.15, 0.2) is 4.99 Å². The van der Waals surface area contributed by atoms with E-state index in [0.29, 0.717) is 6.02 Å². The molecule has 0 bridgehead atoms. The maximum absolute atomic E-state index is 9.77. The highest BCUT2D eigenvalue weighted by atomic mass is 32.2. The summed E-state index contributed by atoms with van der Waals surface area (Å²) in [5.41, 5.74) is -0.331. The molecule has 0 spiro atoms. The molecule has 2 rings (SSSR count). The Bertz CT molecular complexity index is 275. The maximum Gasteiger partial charge on any atom is 0.286 e. The highest BCUT2D eigenvalue weighted by Gasteiger charge is 2.48. The number of amidine groups is 1. The molecule has 2 aliphatic rings. The number of fused-ring (bicyclic) bond motifs is 1. The van der Waals surface area contributed by atoms with E-state index in [-0.39, 0.29) is 12.0 Å². The average molecular weight is 234 g/mol. The van der Waals surface area contributed by atoms with Crippen LogP contribution in [0.25, 0.3) is 0 Å². The third-order valence-electron chi connectivity index (χ3n) is 2.56. The Balaban J connectivity index is 2.12. The Kier molecular flexibility index (Phi) is 3.06. The first kappa shape index (κ1) is 11.0. The summed E-state index contributed by atoms with van der Waals surface area (Å²) >= 11 is 1.30. The minimum atomic E-state index is -0.987. The third kappa shape index (κ3) is 1.80. The van der Waals surface area contributed by atoms with E-state index in [1.807, 2.05) is 0 Å². The van der Waals surface area contributed by atoms with Crippen LogP contribution in [0.4, 0.5) is 0 Å². The van der Waals surface area contributed by atoms with Crippen molar-refractivity contribution in [2.24, 2.45) is 4.99 Å². The lowest BCUT2D eigenvalue weighted by Gasteiger charge is -2.36. The average Bonchev–Trinajstić information content (AvgIpc) is 2.66. The molecule has 0 saturated carbocycles. The van der Waals surface area contributed by atoms with Gasteiger partial charge in [0, 0.05) is 7.05 Å². The van der Waals surface area contributed by atoms with Crippen molar-refractivity contribution in [2.45, 2.75) is 28.9 Å². The lowest BCUT2D eigenvalue weighted by atomic mass is 10.0. The fourth-order valence-electron chi connectivity index (χ4n) is 1.70. The highest BCUT2D eigenvalue weighted by molar-refractivity contribution is 8.00. The molecule has 6 nitrogen and oxygen atoms in total. The number of rotatable bonds is 1. The standard InChI is InChI=1S/C8H14N2O4S/c1-9-8-10-4-6(13)5(12)3(2-11)15-7(4)14-8/h3-7,11-13H,2H2,1H3,(H,9,10)/t3-,4-,5?,6-,7+/m1/s1. The summed E-state index contributed by atoms with van der Waals surface area (Å²) in [5.74, 6) is 0. The summed E-state index contributed by atoms with van der Waals surface area (Å²) in [6, 6.07) is -0.0995. The van der Waals surface area contributed by atoms with E-state index in [1.54, 1.807) is 7.05 Å². The number of hydrogen-bond acceptors (Lipinski definition) is 7. The first-order chi connectivity index (χ1) is 7.17. The number of thioether (sulfide) groups is 1. The Labute approximate surface area is 91.3 Å². The van der Waals surface area contributed by atoms with Gasteiger partial charge in [-0.05, 0) is 0 Å². The van der Waals surface area contributed by atoms with Crippen molar-refractivity contribution in [1.29, 1.82) is 0 Å². The Morgan fingerprint density at radius 1 is 1.47 bits per heavy atom. The van der Waals surface area contributed by atoms with Gasteiger partial charge in [0.05, 0.1) is 18.0 Å². The molecule has 5 atom stereocenters. The lowest BCUT2D eigenvalue weighted by Crippen LogP contribution is -2.52. The lowest BCUT2D eigenvalue weighted by molar-refractivity contribution is -0.0192. The number of aliphatic imine (C=N–C) groups is 1. The van der Waals surface area contributed by atoms with E-state index in [2.05, 4.69) is 10.3 Å². The van der Waals surface area contributed by atoms with Crippen molar-refractivity contribution in [2.75, 3.05) is 13.7 Å². The molecule has 86 valence electrons. The number of ether oxygens (including phenoxy) is 1. The molecule has 1 saturated heterocycles. The molecule has 2 aliphatic heterocycles. The molecule has 15 heavy (non-hydrogen) atoms. The monoisotopic (exact) mass is 234 g/mol. The van der Waals surface area contributed by atoms with Crippen LogP contribution in [0.1, 0.15) is 0 Å². The van der Waals surface area contributed by atoms with Gasteiger partial charge >= 0.3 is 0 Å². The van der Waals surface area contributed by atoms with Crippen LogP contribution in [0.2, 0.25) is 0 Å². The zero-order chi connectivity index (χ0) is 11.0. The molecule has 0 aromatic rings. The van der Waals surface area contributed by atoms with Crippen LogP contribution in [0.3, 0.4) is 0 Å². The maximum atomic E-state index is 9.77. The number of hydrogen-bond donors (Lipinski definition) is 4. The largest absolute Gasteiger partial charge is 0.448 e. The van der Waals surface area contributed by atoms with Crippen LogP contribution < -0.4 is 5.32 Å². The van der Waals surface area contributed by atoms with Crippen molar-refractivity contribution >= 4 is 17.8 Å². The summed E-state index contributed by atoms with van der Waals surface area (Å²) < 4.78 is 5.38. The molecular weight excluding hydrogens is 220 g/mol. The number of aliphatic hydroxyl groups excluding tert-OH is 3. The first-order valence-electron chi connectivity index (χ1n) is 4.72. The molecule has 0 aliphatic carbocycles. The van der Waals surface area contributed by atoms with Gasteiger partial charge in [-0.25, -0.2) is 4.99 Å². The molecule has 2 heterocycles. The first-order valence-corrected chi connectivity index (χ1v) is 5.66. The van der Waals surface area contributed by atoms with E-state index < -0.39 is 23.5 Å². The van der Waals surface area contributed by atoms with Crippen molar-refractivity contribution in [1.82, 2.24) is 5.32 Å². The van der Waals surface area contributed by atoms with E-state index in [0.717, 1.165) is 0 Å². The summed E-state index contributed by atoms with van der Waals surface area (Å²) in [6.07, 6.45) is -1.95. The van der Waals surface area contributed by atoms with Gasteiger partial charge in [0.15, 0.2) is 5.44 Å². The number of nitrogens with one attached hydrogen (secondary N) is 1. The van der Waals surface area contributed by atoms with Crippen molar-refractivity contribution in [3.8, 4) is 0 Å². The van der Waals surface area contributed by atoms with Gasteiger partial charge < -0.3 is 25.4 Å². The summed E-state index contributed by atoms with van der Waals surface area (Å²) in [4.78, 5) is 4.10. The van der Waals surface area contributed by atoms with Gasteiger partial charge in [-0.2, -0.15) is 0 Å². The second kappa shape index (κ2) is 4.17. The summed E-state index contributed by atoms with van der Waals surface area (Å²) in [7, 11) is 1.67. The van der Waals surface area contributed by atoms with E-state index in [4.69, 9.17) is 9.84 Å². The van der Waals surface area contributed by atoms with Gasteiger partial charge in [-0.15, -0.1) is 11.8 Å². The van der Waals surface area contributed by atoms with Gasteiger partial charge in [0.25, 0.3) is 6.02 Å². The Morgan fingerprint density at radius 2 is 2.20 bits per heavy atom. The highest BCUT2D eigenvalue weighted by Crippen LogP contribution is 2.37. The van der Waals surface area contributed by atoms with Gasteiger partial charge in [0.2, 0.25) is 0 Å². The number of nitrogens with zero attached hydrogens (tertiary/aromatic N) is 1. The molecule has 1 fully saturated rings. The van der Waals surface area contributed by atoms with Crippen LogP contribution in [-0.4, -0.2) is 63.9 Å². The molecular formula is C8H14N2O4S. The molecule has 4 N–H and O–H groups in total. The smallest absolute Gasteiger partial charge is 0.286 e. The minimum absolute atomic E-state index is 0.190. The predicted octanol–water partition coefficient (Wildman–Crippen LogP) is -1.88. The van der Waals surface area contributed by atoms with Crippen LogP contribution in [-0.2, 0) is 4.74 Å². The second-order valence-corrected chi connectivity index (χ2v) is 4.84. The third-order valence-corrected chi connectivity index (χ3v) is 3.98. The Hall–Kier alpha value is -0.500. The van der Waals surface area contributed by atoms with Gasteiger partial charge in [0.1, 0.15) is 12.1 Å².